The number of benzene rings is 1. The first kappa shape index (κ1) is 22.7. The summed E-state index contributed by atoms with van der Waals surface area (Å²) in [5, 5.41) is 8.43. The second kappa shape index (κ2) is 10.0. The number of carbonyl (C=O) groups is 1. The lowest BCUT2D eigenvalue weighted by Gasteiger charge is -2.33. The molecule has 1 fully saturated rings. The molecule has 2 aromatic rings. The van der Waals surface area contributed by atoms with E-state index in [0.29, 0.717) is 24.9 Å². The zero-order valence-electron chi connectivity index (χ0n) is 19.2. The van der Waals surface area contributed by atoms with Crippen LogP contribution in [-0.4, -0.2) is 84.1 Å². The Morgan fingerprint density at radius 3 is 2.94 bits per heavy atom. The quantitative estimate of drug-likeness (QED) is 0.715. The van der Waals surface area contributed by atoms with Crippen molar-refractivity contribution in [1.29, 1.82) is 0 Å². The molecule has 1 aliphatic carbocycles. The Hall–Kier alpha value is -2.13. The molecule has 1 aromatic heterocycles. The van der Waals surface area contributed by atoms with Crippen molar-refractivity contribution in [2.24, 2.45) is 7.05 Å². The summed E-state index contributed by atoms with van der Waals surface area (Å²) < 4.78 is 13.2. The molecule has 1 aromatic carbocycles. The van der Waals surface area contributed by atoms with Crippen LogP contribution in [0.1, 0.15) is 33.7 Å². The molecule has 3 heterocycles. The molecule has 1 N–H and O–H groups in total. The maximum Gasteiger partial charge on any atom is 0.272 e. The van der Waals surface area contributed by atoms with E-state index in [1.54, 1.807) is 0 Å². The molecule has 0 saturated carbocycles. The van der Waals surface area contributed by atoms with Gasteiger partial charge in [0.15, 0.2) is 5.69 Å². The van der Waals surface area contributed by atoms with E-state index in [2.05, 4.69) is 20.2 Å². The number of aryl methyl sites for hydroxylation is 1. The minimum Gasteiger partial charge on any atom is -0.492 e. The van der Waals surface area contributed by atoms with Crippen molar-refractivity contribution < 1.29 is 14.3 Å². The Balaban J connectivity index is 1.26. The van der Waals surface area contributed by atoms with Crippen LogP contribution in [0.5, 0.6) is 5.75 Å². The van der Waals surface area contributed by atoms with Gasteiger partial charge in [0, 0.05) is 74.2 Å². The first-order valence-corrected chi connectivity index (χ1v) is 12.2. The summed E-state index contributed by atoms with van der Waals surface area (Å²) in [7, 11) is 1.95. The van der Waals surface area contributed by atoms with E-state index in [9.17, 15) is 4.79 Å². The SMILES string of the molecule is Cn1nc(C(=O)NCCN2CCOCC2)c2c1CCC(N1CCOc3ccc(Cl)cc3C1)C2. The molecule has 0 radical (unpaired) electrons. The first-order chi connectivity index (χ1) is 16.1. The normalized spacial score (nSPS) is 21.6. The van der Waals surface area contributed by atoms with Crippen LogP contribution in [0, 0.1) is 0 Å². The average molecular weight is 474 g/mol. The fourth-order valence-corrected chi connectivity index (χ4v) is 5.39. The largest absolute Gasteiger partial charge is 0.492 e. The Kier molecular flexibility index (Phi) is 6.87. The second-order valence-electron chi connectivity index (χ2n) is 9.07. The number of aromatic nitrogens is 2. The summed E-state index contributed by atoms with van der Waals surface area (Å²) in [6, 6.07) is 6.18. The van der Waals surface area contributed by atoms with Gasteiger partial charge in [-0.15, -0.1) is 0 Å². The van der Waals surface area contributed by atoms with Crippen molar-refractivity contribution in [2.45, 2.75) is 31.8 Å². The average Bonchev–Trinajstić information content (AvgIpc) is 3.01. The van der Waals surface area contributed by atoms with Crippen LogP contribution in [0.15, 0.2) is 18.2 Å². The third-order valence-electron chi connectivity index (χ3n) is 7.01. The van der Waals surface area contributed by atoms with Crippen molar-refractivity contribution in [3.05, 3.63) is 45.7 Å². The van der Waals surface area contributed by atoms with E-state index in [4.69, 9.17) is 21.1 Å². The molecule has 1 saturated heterocycles. The predicted molar refractivity (Wildman–Crippen MR) is 126 cm³/mol. The third kappa shape index (κ3) is 5.04. The molecule has 0 spiro atoms. The summed E-state index contributed by atoms with van der Waals surface area (Å²) in [6.45, 7) is 7.14. The molecule has 0 bridgehead atoms. The van der Waals surface area contributed by atoms with E-state index in [1.807, 2.05) is 29.9 Å². The highest BCUT2D eigenvalue weighted by Crippen LogP contribution is 2.31. The molecule has 8 nitrogen and oxygen atoms in total. The molecule has 1 unspecified atom stereocenters. The predicted octanol–water partition coefficient (Wildman–Crippen LogP) is 1.89. The van der Waals surface area contributed by atoms with Gasteiger partial charge >= 0.3 is 0 Å². The first-order valence-electron chi connectivity index (χ1n) is 11.9. The monoisotopic (exact) mass is 473 g/mol. The van der Waals surface area contributed by atoms with Crippen LogP contribution < -0.4 is 10.1 Å². The van der Waals surface area contributed by atoms with Crippen molar-refractivity contribution in [3.8, 4) is 5.75 Å². The van der Waals surface area contributed by atoms with Gasteiger partial charge in [0.2, 0.25) is 0 Å². The van der Waals surface area contributed by atoms with Crippen LogP contribution in [0.2, 0.25) is 5.02 Å². The molecular formula is C24H32ClN5O3. The number of morpholine rings is 1. The molecule has 178 valence electrons. The van der Waals surface area contributed by atoms with Gasteiger partial charge < -0.3 is 14.8 Å². The highest BCUT2D eigenvalue weighted by Gasteiger charge is 2.32. The molecule has 5 rings (SSSR count). The minimum atomic E-state index is -0.0721. The zero-order chi connectivity index (χ0) is 22.8. The third-order valence-corrected chi connectivity index (χ3v) is 7.24. The highest BCUT2D eigenvalue weighted by molar-refractivity contribution is 6.30. The van der Waals surface area contributed by atoms with Crippen molar-refractivity contribution in [2.75, 3.05) is 52.5 Å². The number of hydrogen-bond donors (Lipinski definition) is 1. The van der Waals surface area contributed by atoms with Crippen molar-refractivity contribution >= 4 is 17.5 Å². The topological polar surface area (TPSA) is 71.9 Å². The Morgan fingerprint density at radius 1 is 1.24 bits per heavy atom. The van der Waals surface area contributed by atoms with Gasteiger partial charge in [-0.1, -0.05) is 11.6 Å². The van der Waals surface area contributed by atoms with Gasteiger partial charge in [-0.25, -0.2) is 0 Å². The lowest BCUT2D eigenvalue weighted by molar-refractivity contribution is 0.0383. The number of nitrogens with one attached hydrogen (secondary N) is 1. The van der Waals surface area contributed by atoms with Gasteiger partial charge in [0.25, 0.3) is 5.91 Å². The zero-order valence-corrected chi connectivity index (χ0v) is 19.9. The maximum absolute atomic E-state index is 13.0. The number of halogens is 1. The Bertz CT molecular complexity index is 1000. The fraction of sp³-hybridized carbons (Fsp3) is 0.583. The van der Waals surface area contributed by atoms with E-state index in [0.717, 1.165) is 87.1 Å². The molecular weight excluding hydrogens is 442 g/mol. The number of hydrogen-bond acceptors (Lipinski definition) is 6. The summed E-state index contributed by atoms with van der Waals surface area (Å²) in [5.74, 6) is 0.845. The van der Waals surface area contributed by atoms with Gasteiger partial charge in [-0.3, -0.25) is 19.3 Å². The lowest BCUT2D eigenvalue weighted by atomic mass is 9.90. The number of carbonyl (C=O) groups excluding carboxylic acids is 1. The van der Waals surface area contributed by atoms with Gasteiger partial charge in [-0.05, 0) is 37.5 Å². The highest BCUT2D eigenvalue weighted by atomic mass is 35.5. The molecule has 1 atom stereocenters. The minimum absolute atomic E-state index is 0.0721. The van der Waals surface area contributed by atoms with E-state index in [1.165, 1.54) is 5.69 Å². The summed E-state index contributed by atoms with van der Waals surface area (Å²) in [6.07, 6.45) is 2.79. The number of amides is 1. The second-order valence-corrected chi connectivity index (χ2v) is 9.51. The number of nitrogens with zero attached hydrogens (tertiary/aromatic N) is 4. The number of fused-ring (bicyclic) bond motifs is 2. The smallest absolute Gasteiger partial charge is 0.272 e. The van der Waals surface area contributed by atoms with E-state index < -0.39 is 0 Å². The summed E-state index contributed by atoms with van der Waals surface area (Å²) >= 11 is 6.24. The molecule has 2 aliphatic heterocycles. The maximum atomic E-state index is 13.0. The number of ether oxygens (including phenoxy) is 2. The van der Waals surface area contributed by atoms with Gasteiger partial charge in [-0.2, -0.15) is 5.10 Å². The Labute approximate surface area is 199 Å². The van der Waals surface area contributed by atoms with Gasteiger partial charge in [0.1, 0.15) is 12.4 Å². The molecule has 33 heavy (non-hydrogen) atoms. The standard InChI is InChI=1S/C24H32ClN5O3/c1-28-21-4-3-19(30-10-13-33-22-5-2-18(25)14-17(22)16-30)15-20(21)23(27-28)24(31)26-6-7-29-8-11-32-12-9-29/h2,5,14,19H,3-4,6-13,15-16H2,1H3,(H,26,31). The van der Waals surface area contributed by atoms with E-state index in [-0.39, 0.29) is 5.91 Å². The van der Waals surface area contributed by atoms with E-state index >= 15 is 0 Å². The Morgan fingerprint density at radius 2 is 2.09 bits per heavy atom. The van der Waals surface area contributed by atoms with Crippen LogP contribution in [0.25, 0.3) is 0 Å². The lowest BCUT2D eigenvalue weighted by Crippen LogP contribution is -2.42. The van der Waals surface area contributed by atoms with Crippen LogP contribution in [0.4, 0.5) is 0 Å². The van der Waals surface area contributed by atoms with Crippen LogP contribution in [0.3, 0.4) is 0 Å². The fourth-order valence-electron chi connectivity index (χ4n) is 5.20. The van der Waals surface area contributed by atoms with Crippen LogP contribution in [-0.2, 0) is 31.2 Å². The van der Waals surface area contributed by atoms with Crippen molar-refractivity contribution in [3.63, 3.8) is 0 Å². The molecule has 3 aliphatic rings. The molecule has 9 heteroatoms. The van der Waals surface area contributed by atoms with Crippen LogP contribution >= 0.6 is 11.6 Å². The van der Waals surface area contributed by atoms with Crippen molar-refractivity contribution in [1.82, 2.24) is 24.9 Å². The number of rotatable bonds is 5. The summed E-state index contributed by atoms with van der Waals surface area (Å²) in [5.41, 5.74) is 3.97. The molecule has 1 amide bonds. The summed E-state index contributed by atoms with van der Waals surface area (Å²) in [4.78, 5) is 17.8. The van der Waals surface area contributed by atoms with Gasteiger partial charge in [0.05, 0.1) is 13.2 Å².